The third kappa shape index (κ3) is 4.71. The SMILES string of the molecule is COC1(C(=O)NCCOc2cccc(C(C)(C)C)c2)CCNCC1. The van der Waals surface area contributed by atoms with Crippen LogP contribution in [-0.4, -0.2) is 44.9 Å². The predicted octanol–water partition coefficient (Wildman–Crippen LogP) is 2.25. The summed E-state index contributed by atoms with van der Waals surface area (Å²) in [5, 5.41) is 6.19. The van der Waals surface area contributed by atoms with Gasteiger partial charge in [-0.1, -0.05) is 32.9 Å². The summed E-state index contributed by atoms with van der Waals surface area (Å²) in [6, 6.07) is 8.11. The van der Waals surface area contributed by atoms with Crippen LogP contribution in [0.2, 0.25) is 0 Å². The minimum Gasteiger partial charge on any atom is -0.492 e. The van der Waals surface area contributed by atoms with Crippen LogP contribution in [0.5, 0.6) is 5.75 Å². The van der Waals surface area contributed by atoms with Crippen LogP contribution < -0.4 is 15.4 Å². The van der Waals surface area contributed by atoms with Crippen LogP contribution in [-0.2, 0) is 14.9 Å². The molecule has 0 bridgehead atoms. The summed E-state index contributed by atoms with van der Waals surface area (Å²) in [5.41, 5.74) is 0.627. The van der Waals surface area contributed by atoms with Gasteiger partial charge in [0.25, 0.3) is 5.91 Å². The Morgan fingerprint density at radius 1 is 1.29 bits per heavy atom. The van der Waals surface area contributed by atoms with Crippen molar-refractivity contribution >= 4 is 5.91 Å². The molecule has 1 aliphatic heterocycles. The first-order valence-electron chi connectivity index (χ1n) is 8.65. The first-order chi connectivity index (χ1) is 11.4. The highest BCUT2D eigenvalue weighted by atomic mass is 16.5. The van der Waals surface area contributed by atoms with Crippen molar-refractivity contribution in [1.29, 1.82) is 0 Å². The van der Waals surface area contributed by atoms with E-state index in [0.717, 1.165) is 18.8 Å². The number of carbonyl (C=O) groups is 1. The minimum atomic E-state index is -0.697. The molecular formula is C19H30N2O3. The molecule has 134 valence electrons. The lowest BCUT2D eigenvalue weighted by molar-refractivity contribution is -0.146. The normalized spacial score (nSPS) is 17.3. The standard InChI is InChI=1S/C19H30N2O3/c1-18(2,3)15-6-5-7-16(14-15)24-13-12-21-17(22)19(23-4)8-10-20-11-9-19/h5-7,14,20H,8-13H2,1-4H3,(H,21,22). The second-order valence-electron chi connectivity index (χ2n) is 7.33. The van der Waals surface area contributed by atoms with Crippen molar-refractivity contribution in [3.8, 4) is 5.75 Å². The van der Waals surface area contributed by atoms with Crippen LogP contribution in [0, 0.1) is 0 Å². The van der Waals surface area contributed by atoms with Crippen LogP contribution in [0.25, 0.3) is 0 Å². The lowest BCUT2D eigenvalue weighted by Gasteiger charge is -2.34. The molecule has 1 saturated heterocycles. The quantitative estimate of drug-likeness (QED) is 0.784. The summed E-state index contributed by atoms with van der Waals surface area (Å²) in [6.45, 7) is 9.05. The van der Waals surface area contributed by atoms with E-state index < -0.39 is 5.60 Å². The average Bonchev–Trinajstić information content (AvgIpc) is 2.58. The van der Waals surface area contributed by atoms with E-state index in [1.807, 2.05) is 12.1 Å². The Morgan fingerprint density at radius 3 is 2.62 bits per heavy atom. The molecular weight excluding hydrogens is 304 g/mol. The Labute approximate surface area is 145 Å². The van der Waals surface area contributed by atoms with Crippen molar-refractivity contribution in [3.05, 3.63) is 29.8 Å². The second-order valence-corrected chi connectivity index (χ2v) is 7.33. The van der Waals surface area contributed by atoms with Gasteiger partial charge >= 0.3 is 0 Å². The fourth-order valence-electron chi connectivity index (χ4n) is 2.90. The van der Waals surface area contributed by atoms with E-state index in [2.05, 4.69) is 43.5 Å². The number of rotatable bonds is 6. The molecule has 24 heavy (non-hydrogen) atoms. The van der Waals surface area contributed by atoms with Gasteiger partial charge in [-0.25, -0.2) is 0 Å². The first kappa shape index (κ1) is 18.7. The Kier molecular flexibility index (Phi) is 6.24. The molecule has 5 heteroatoms. The maximum absolute atomic E-state index is 12.4. The van der Waals surface area contributed by atoms with Gasteiger partial charge in [-0.2, -0.15) is 0 Å². The van der Waals surface area contributed by atoms with Gasteiger partial charge in [0.05, 0.1) is 6.54 Å². The summed E-state index contributed by atoms with van der Waals surface area (Å²) in [4.78, 5) is 12.4. The number of methoxy groups -OCH3 is 1. The number of ether oxygens (including phenoxy) is 2. The van der Waals surface area contributed by atoms with E-state index in [1.54, 1.807) is 7.11 Å². The van der Waals surface area contributed by atoms with Gasteiger partial charge < -0.3 is 20.1 Å². The molecule has 0 atom stereocenters. The maximum atomic E-state index is 12.4. The van der Waals surface area contributed by atoms with Gasteiger partial charge in [0, 0.05) is 7.11 Å². The monoisotopic (exact) mass is 334 g/mol. The number of carbonyl (C=O) groups excluding carboxylic acids is 1. The summed E-state index contributed by atoms with van der Waals surface area (Å²) >= 11 is 0. The smallest absolute Gasteiger partial charge is 0.252 e. The molecule has 1 amide bonds. The van der Waals surface area contributed by atoms with Gasteiger partial charge in [0.15, 0.2) is 0 Å². The highest BCUT2D eigenvalue weighted by Crippen LogP contribution is 2.25. The van der Waals surface area contributed by atoms with E-state index in [4.69, 9.17) is 9.47 Å². The molecule has 0 unspecified atom stereocenters. The van der Waals surface area contributed by atoms with Gasteiger partial charge in [-0.15, -0.1) is 0 Å². The molecule has 0 aromatic heterocycles. The fourth-order valence-corrected chi connectivity index (χ4v) is 2.90. The number of amides is 1. The van der Waals surface area contributed by atoms with E-state index >= 15 is 0 Å². The molecule has 1 aromatic rings. The Bertz CT molecular complexity index is 546. The zero-order valence-corrected chi connectivity index (χ0v) is 15.3. The summed E-state index contributed by atoms with van der Waals surface area (Å²) < 4.78 is 11.3. The van der Waals surface area contributed by atoms with E-state index in [9.17, 15) is 4.79 Å². The number of benzene rings is 1. The van der Waals surface area contributed by atoms with E-state index in [-0.39, 0.29) is 11.3 Å². The molecule has 0 aliphatic carbocycles. The Hall–Kier alpha value is -1.59. The van der Waals surface area contributed by atoms with Crippen LogP contribution in [0.3, 0.4) is 0 Å². The second kappa shape index (κ2) is 7.99. The Morgan fingerprint density at radius 2 is 2.00 bits per heavy atom. The van der Waals surface area contributed by atoms with Crippen molar-refractivity contribution in [2.45, 2.75) is 44.6 Å². The van der Waals surface area contributed by atoms with Crippen LogP contribution >= 0.6 is 0 Å². The summed E-state index contributed by atoms with van der Waals surface area (Å²) in [6.07, 6.45) is 1.40. The number of piperidine rings is 1. The highest BCUT2D eigenvalue weighted by molar-refractivity contribution is 5.85. The lowest BCUT2D eigenvalue weighted by Crippen LogP contribution is -2.54. The third-order valence-corrected chi connectivity index (χ3v) is 4.57. The number of hydrogen-bond donors (Lipinski definition) is 2. The van der Waals surface area contributed by atoms with Crippen LogP contribution in [0.15, 0.2) is 24.3 Å². The van der Waals surface area contributed by atoms with E-state index in [0.29, 0.717) is 26.0 Å². The van der Waals surface area contributed by atoms with E-state index in [1.165, 1.54) is 5.56 Å². The van der Waals surface area contributed by atoms with Gasteiger partial charge in [-0.3, -0.25) is 4.79 Å². The van der Waals surface area contributed by atoms with Gasteiger partial charge in [0.1, 0.15) is 18.0 Å². The average molecular weight is 334 g/mol. The largest absolute Gasteiger partial charge is 0.492 e. The third-order valence-electron chi connectivity index (χ3n) is 4.57. The summed E-state index contributed by atoms with van der Waals surface area (Å²) in [5.74, 6) is 0.790. The van der Waals surface area contributed by atoms with Crippen LogP contribution in [0.4, 0.5) is 0 Å². The predicted molar refractivity (Wildman–Crippen MR) is 95.5 cm³/mol. The van der Waals surface area contributed by atoms with Crippen molar-refractivity contribution in [2.75, 3.05) is 33.4 Å². The molecule has 0 radical (unpaired) electrons. The topological polar surface area (TPSA) is 59.6 Å². The van der Waals surface area contributed by atoms with Crippen molar-refractivity contribution in [2.24, 2.45) is 0 Å². The number of nitrogens with one attached hydrogen (secondary N) is 2. The minimum absolute atomic E-state index is 0.0430. The molecule has 2 rings (SSSR count). The number of hydrogen-bond acceptors (Lipinski definition) is 4. The highest BCUT2D eigenvalue weighted by Gasteiger charge is 2.39. The van der Waals surface area contributed by atoms with Gasteiger partial charge in [0.2, 0.25) is 0 Å². The Balaban J connectivity index is 1.81. The zero-order chi connectivity index (χ0) is 17.6. The molecule has 5 nitrogen and oxygen atoms in total. The molecule has 1 aliphatic rings. The zero-order valence-electron chi connectivity index (χ0n) is 15.3. The lowest BCUT2D eigenvalue weighted by atomic mass is 9.87. The van der Waals surface area contributed by atoms with Crippen molar-refractivity contribution in [3.63, 3.8) is 0 Å². The summed E-state index contributed by atoms with van der Waals surface area (Å²) in [7, 11) is 1.61. The van der Waals surface area contributed by atoms with Crippen molar-refractivity contribution < 1.29 is 14.3 Å². The van der Waals surface area contributed by atoms with Gasteiger partial charge in [-0.05, 0) is 49.0 Å². The molecule has 2 N–H and O–H groups in total. The molecule has 1 fully saturated rings. The maximum Gasteiger partial charge on any atom is 0.252 e. The van der Waals surface area contributed by atoms with Crippen LogP contribution in [0.1, 0.15) is 39.2 Å². The molecule has 1 aromatic carbocycles. The molecule has 0 saturated carbocycles. The molecule has 0 spiro atoms. The first-order valence-corrected chi connectivity index (χ1v) is 8.65. The molecule has 1 heterocycles. The van der Waals surface area contributed by atoms with Crippen molar-refractivity contribution in [1.82, 2.24) is 10.6 Å². The fraction of sp³-hybridized carbons (Fsp3) is 0.632.